The summed E-state index contributed by atoms with van der Waals surface area (Å²) in [5.74, 6) is 1.91. The molecule has 2 fully saturated rings. The Morgan fingerprint density at radius 2 is 2.04 bits per heavy atom. The van der Waals surface area contributed by atoms with E-state index in [0.717, 1.165) is 31.1 Å². The smallest absolute Gasteiger partial charge is 0.320 e. The molecule has 0 aromatic carbocycles. The first-order valence-electron chi connectivity index (χ1n) is 10.0. The average molecular weight is 375 g/mol. The number of nitrogens with zero attached hydrogens (tertiary/aromatic N) is 4. The largest absolute Gasteiger partial charge is 0.463 e. The highest BCUT2D eigenvalue weighted by atomic mass is 16.5. The van der Waals surface area contributed by atoms with Gasteiger partial charge in [0, 0.05) is 0 Å². The van der Waals surface area contributed by atoms with E-state index in [1.165, 1.54) is 25.7 Å². The van der Waals surface area contributed by atoms with Crippen LogP contribution in [0.5, 0.6) is 6.01 Å². The van der Waals surface area contributed by atoms with Gasteiger partial charge < -0.3 is 20.3 Å². The SMILES string of the molecule is CC1CCC(CCOc2nc(N)c3ncn(C4CCC(CO)O4)c3n2)CC1. The van der Waals surface area contributed by atoms with Gasteiger partial charge in [-0.3, -0.25) is 4.57 Å². The van der Waals surface area contributed by atoms with Crippen molar-refractivity contribution in [2.24, 2.45) is 11.8 Å². The quantitative estimate of drug-likeness (QED) is 0.799. The zero-order chi connectivity index (χ0) is 18.8. The first-order valence-corrected chi connectivity index (χ1v) is 10.0. The number of fused-ring (bicyclic) bond motifs is 1. The standard InChI is InChI=1S/C19H29N5O3/c1-12-2-4-13(5-3-12)8-9-26-19-22-17(20)16-18(23-19)24(11-21-16)15-7-6-14(10-25)27-15/h11-15,25H,2-10H2,1H3,(H2,20,22,23). The van der Waals surface area contributed by atoms with Crippen LogP contribution in [-0.4, -0.2) is 43.9 Å². The molecular weight excluding hydrogens is 346 g/mol. The van der Waals surface area contributed by atoms with Crippen LogP contribution >= 0.6 is 0 Å². The Morgan fingerprint density at radius 3 is 2.78 bits per heavy atom. The van der Waals surface area contributed by atoms with E-state index in [0.29, 0.717) is 29.6 Å². The molecule has 3 heterocycles. The molecule has 3 N–H and O–H groups in total. The van der Waals surface area contributed by atoms with Crippen LogP contribution in [0, 0.1) is 11.8 Å². The maximum absolute atomic E-state index is 9.29. The Kier molecular flexibility index (Phi) is 5.45. The van der Waals surface area contributed by atoms with Crippen molar-refractivity contribution in [3.05, 3.63) is 6.33 Å². The molecule has 1 saturated heterocycles. The van der Waals surface area contributed by atoms with Crippen LogP contribution in [-0.2, 0) is 4.74 Å². The number of hydrogen-bond donors (Lipinski definition) is 2. The fraction of sp³-hybridized carbons (Fsp3) is 0.737. The van der Waals surface area contributed by atoms with E-state index in [9.17, 15) is 5.11 Å². The summed E-state index contributed by atoms with van der Waals surface area (Å²) >= 11 is 0. The van der Waals surface area contributed by atoms with E-state index in [-0.39, 0.29) is 18.9 Å². The zero-order valence-corrected chi connectivity index (χ0v) is 15.9. The number of anilines is 1. The van der Waals surface area contributed by atoms with E-state index in [4.69, 9.17) is 15.2 Å². The van der Waals surface area contributed by atoms with Crippen molar-refractivity contribution in [3.63, 3.8) is 0 Å². The van der Waals surface area contributed by atoms with E-state index < -0.39 is 0 Å². The third kappa shape index (κ3) is 4.01. The van der Waals surface area contributed by atoms with E-state index in [1.54, 1.807) is 6.33 Å². The lowest BCUT2D eigenvalue weighted by atomic mass is 9.82. The molecule has 2 aliphatic rings. The Labute approximate surface area is 159 Å². The molecule has 2 atom stereocenters. The number of rotatable bonds is 6. The van der Waals surface area contributed by atoms with Gasteiger partial charge in [0.05, 0.1) is 25.6 Å². The highest BCUT2D eigenvalue weighted by Crippen LogP contribution is 2.32. The Hall–Kier alpha value is -1.93. The maximum atomic E-state index is 9.29. The third-order valence-corrected chi connectivity index (χ3v) is 5.92. The molecule has 1 saturated carbocycles. The molecule has 2 aromatic rings. The second kappa shape index (κ2) is 7.98. The summed E-state index contributed by atoms with van der Waals surface area (Å²) in [4.78, 5) is 13.1. The number of aromatic nitrogens is 4. The summed E-state index contributed by atoms with van der Waals surface area (Å²) in [5, 5.41) is 9.29. The van der Waals surface area contributed by atoms with Crippen LogP contribution < -0.4 is 10.5 Å². The van der Waals surface area contributed by atoms with Crippen molar-refractivity contribution in [3.8, 4) is 6.01 Å². The molecule has 8 nitrogen and oxygen atoms in total. The number of ether oxygens (including phenoxy) is 2. The second-order valence-electron chi connectivity index (χ2n) is 7.95. The summed E-state index contributed by atoms with van der Waals surface area (Å²) in [6.45, 7) is 2.96. The molecule has 148 valence electrons. The molecule has 8 heteroatoms. The molecule has 0 amide bonds. The highest BCUT2D eigenvalue weighted by Gasteiger charge is 2.28. The van der Waals surface area contributed by atoms with E-state index >= 15 is 0 Å². The van der Waals surface area contributed by atoms with Gasteiger partial charge in [0.25, 0.3) is 0 Å². The number of aliphatic hydroxyl groups excluding tert-OH is 1. The number of aliphatic hydroxyl groups is 1. The van der Waals surface area contributed by atoms with Gasteiger partial charge in [-0.05, 0) is 31.1 Å². The highest BCUT2D eigenvalue weighted by molar-refractivity contribution is 5.81. The van der Waals surface area contributed by atoms with Gasteiger partial charge >= 0.3 is 6.01 Å². The number of hydrogen-bond acceptors (Lipinski definition) is 7. The van der Waals surface area contributed by atoms with Gasteiger partial charge in [-0.15, -0.1) is 0 Å². The molecule has 4 rings (SSSR count). The van der Waals surface area contributed by atoms with Crippen molar-refractivity contribution in [2.75, 3.05) is 18.9 Å². The van der Waals surface area contributed by atoms with Gasteiger partial charge in [-0.1, -0.05) is 32.6 Å². The van der Waals surface area contributed by atoms with E-state index in [1.807, 2.05) is 4.57 Å². The minimum Gasteiger partial charge on any atom is -0.463 e. The summed E-state index contributed by atoms with van der Waals surface area (Å²) in [5.41, 5.74) is 7.24. The summed E-state index contributed by atoms with van der Waals surface area (Å²) < 4.78 is 13.5. The van der Waals surface area contributed by atoms with Crippen LogP contribution in [0.25, 0.3) is 11.2 Å². The lowest BCUT2D eigenvalue weighted by Crippen LogP contribution is -2.16. The number of nitrogen functional groups attached to an aromatic ring is 1. The van der Waals surface area contributed by atoms with Crippen molar-refractivity contribution < 1.29 is 14.6 Å². The van der Waals surface area contributed by atoms with Crippen LogP contribution in [0.15, 0.2) is 6.33 Å². The van der Waals surface area contributed by atoms with Crippen molar-refractivity contribution in [1.82, 2.24) is 19.5 Å². The Balaban J connectivity index is 1.43. The molecule has 2 unspecified atom stereocenters. The minimum absolute atomic E-state index is 0.0224. The normalized spacial score (nSPS) is 28.7. The van der Waals surface area contributed by atoms with Crippen LogP contribution in [0.4, 0.5) is 5.82 Å². The topological polar surface area (TPSA) is 108 Å². The Bertz CT molecular complexity index is 772. The van der Waals surface area contributed by atoms with Crippen molar-refractivity contribution in [2.45, 2.75) is 64.2 Å². The summed E-state index contributed by atoms with van der Waals surface area (Å²) in [7, 11) is 0. The van der Waals surface area contributed by atoms with E-state index in [2.05, 4.69) is 21.9 Å². The summed E-state index contributed by atoms with van der Waals surface area (Å²) in [6, 6.07) is 0.294. The first kappa shape index (κ1) is 18.4. The lowest BCUT2D eigenvalue weighted by molar-refractivity contribution is -0.0207. The molecule has 0 radical (unpaired) electrons. The molecule has 1 aliphatic carbocycles. The van der Waals surface area contributed by atoms with Crippen molar-refractivity contribution >= 4 is 17.0 Å². The molecular formula is C19H29N5O3. The number of nitrogens with two attached hydrogens (primary N) is 1. The van der Waals surface area contributed by atoms with Crippen molar-refractivity contribution in [1.29, 1.82) is 0 Å². The van der Waals surface area contributed by atoms with Gasteiger partial charge in [0.2, 0.25) is 0 Å². The molecule has 2 aromatic heterocycles. The lowest BCUT2D eigenvalue weighted by Gasteiger charge is -2.25. The van der Waals surface area contributed by atoms with Gasteiger partial charge in [-0.2, -0.15) is 9.97 Å². The predicted molar refractivity (Wildman–Crippen MR) is 101 cm³/mol. The zero-order valence-electron chi connectivity index (χ0n) is 15.9. The Morgan fingerprint density at radius 1 is 1.22 bits per heavy atom. The molecule has 0 bridgehead atoms. The monoisotopic (exact) mass is 375 g/mol. The third-order valence-electron chi connectivity index (χ3n) is 5.92. The predicted octanol–water partition coefficient (Wildman–Crippen LogP) is 2.67. The molecule has 27 heavy (non-hydrogen) atoms. The molecule has 1 aliphatic heterocycles. The van der Waals surface area contributed by atoms with Gasteiger partial charge in [0.1, 0.15) is 6.23 Å². The summed E-state index contributed by atoms with van der Waals surface area (Å²) in [6.07, 6.45) is 9.17. The van der Waals surface area contributed by atoms with Gasteiger partial charge in [-0.25, -0.2) is 4.98 Å². The van der Waals surface area contributed by atoms with Crippen LogP contribution in [0.1, 0.15) is 58.1 Å². The maximum Gasteiger partial charge on any atom is 0.320 e. The fourth-order valence-corrected chi connectivity index (χ4v) is 4.15. The first-order chi connectivity index (χ1) is 13.1. The second-order valence-corrected chi connectivity index (χ2v) is 7.95. The van der Waals surface area contributed by atoms with Crippen LogP contribution in [0.2, 0.25) is 0 Å². The van der Waals surface area contributed by atoms with Crippen LogP contribution in [0.3, 0.4) is 0 Å². The minimum atomic E-state index is -0.196. The van der Waals surface area contributed by atoms with Gasteiger partial charge in [0.15, 0.2) is 17.0 Å². The average Bonchev–Trinajstić information content (AvgIpc) is 3.30. The molecule has 0 spiro atoms. The fourth-order valence-electron chi connectivity index (χ4n) is 4.15. The number of imidazole rings is 1.